The predicted octanol–water partition coefficient (Wildman–Crippen LogP) is 3.66. The molecule has 0 radical (unpaired) electrons. The lowest BCUT2D eigenvalue weighted by atomic mass is 9.96. The number of hydrogen-bond donors (Lipinski definition) is 2. The molecule has 0 saturated carbocycles. The second-order valence-electron chi connectivity index (χ2n) is 6.82. The molecule has 150 valence electrons. The van der Waals surface area contributed by atoms with E-state index >= 15 is 0 Å². The van der Waals surface area contributed by atoms with Crippen molar-refractivity contribution in [2.24, 2.45) is 0 Å². The molecule has 29 heavy (non-hydrogen) atoms. The Labute approximate surface area is 173 Å². The first-order valence-corrected chi connectivity index (χ1v) is 11.4. The highest BCUT2D eigenvalue weighted by Crippen LogP contribution is 2.36. The highest BCUT2D eigenvalue weighted by atomic mass is 32.2. The van der Waals surface area contributed by atoms with Gasteiger partial charge in [-0.1, -0.05) is 36.4 Å². The van der Waals surface area contributed by atoms with Crippen molar-refractivity contribution in [3.05, 3.63) is 71.8 Å². The van der Waals surface area contributed by atoms with Crippen LogP contribution in [-0.4, -0.2) is 36.9 Å². The molecule has 1 aromatic heterocycles. The van der Waals surface area contributed by atoms with Crippen LogP contribution < -0.4 is 5.32 Å². The molecule has 3 aromatic rings. The molecule has 6 nitrogen and oxygen atoms in total. The van der Waals surface area contributed by atoms with E-state index in [1.165, 1.54) is 0 Å². The number of nitrogens with zero attached hydrogens (tertiary/aromatic N) is 1. The number of benzene rings is 2. The van der Waals surface area contributed by atoms with Crippen molar-refractivity contribution in [2.45, 2.75) is 23.2 Å². The van der Waals surface area contributed by atoms with Gasteiger partial charge in [0, 0.05) is 30.6 Å². The van der Waals surface area contributed by atoms with Gasteiger partial charge in [0.2, 0.25) is 0 Å². The molecule has 0 amide bonds. The molecule has 8 heteroatoms. The summed E-state index contributed by atoms with van der Waals surface area (Å²) in [5.74, 6) is -1.14. The number of carboxylic acids is 1. The Morgan fingerprint density at radius 3 is 2.41 bits per heavy atom. The molecule has 1 aliphatic rings. The van der Waals surface area contributed by atoms with Gasteiger partial charge in [0.1, 0.15) is 10.3 Å². The van der Waals surface area contributed by atoms with Crippen LogP contribution in [0.4, 0.5) is 5.69 Å². The van der Waals surface area contributed by atoms with Crippen molar-refractivity contribution in [3.63, 3.8) is 0 Å². The average molecular weight is 429 g/mol. The number of aliphatic carboxylic acids is 1. The van der Waals surface area contributed by atoms with Crippen LogP contribution in [0.2, 0.25) is 0 Å². The van der Waals surface area contributed by atoms with E-state index in [-0.39, 0.29) is 17.2 Å². The van der Waals surface area contributed by atoms with Gasteiger partial charge >= 0.3 is 5.97 Å². The van der Waals surface area contributed by atoms with Crippen molar-refractivity contribution in [1.82, 2.24) is 4.31 Å². The van der Waals surface area contributed by atoms with E-state index in [4.69, 9.17) is 0 Å². The van der Waals surface area contributed by atoms with E-state index in [2.05, 4.69) is 5.32 Å². The number of nitrogens with one attached hydrogen (secondary N) is 1. The summed E-state index contributed by atoms with van der Waals surface area (Å²) in [6, 6.07) is 17.3. The second-order valence-corrected chi connectivity index (χ2v) is 10.0. The van der Waals surface area contributed by atoms with Gasteiger partial charge in [-0.25, -0.2) is 8.42 Å². The lowest BCUT2D eigenvalue weighted by molar-refractivity contribution is -0.141. The van der Waals surface area contributed by atoms with E-state index in [0.29, 0.717) is 0 Å². The fourth-order valence-corrected chi connectivity index (χ4v) is 6.49. The first kappa shape index (κ1) is 19.6. The third-order valence-electron chi connectivity index (χ3n) is 5.09. The molecule has 0 aliphatic carbocycles. The maximum absolute atomic E-state index is 13.3. The van der Waals surface area contributed by atoms with Crippen LogP contribution in [0.3, 0.4) is 0 Å². The van der Waals surface area contributed by atoms with Gasteiger partial charge in [0.05, 0.1) is 0 Å². The van der Waals surface area contributed by atoms with Gasteiger partial charge in [-0.05, 0) is 41.0 Å². The van der Waals surface area contributed by atoms with Crippen molar-refractivity contribution < 1.29 is 18.3 Å². The van der Waals surface area contributed by atoms with Crippen LogP contribution in [0.15, 0.2) is 64.9 Å². The standard InChI is InChI=1S/C21H20N2O4S2/c1-22-17-8-6-14(7-9-17)19-10-11-20(28-19)29(26,27)23-13-16-5-3-2-4-15(16)12-18(23)21(24)25/h2-11,18,22H,12-13H2,1H3,(H,24,25). The molecule has 2 aromatic carbocycles. The Balaban J connectivity index is 1.69. The molecule has 2 heterocycles. The molecule has 1 unspecified atom stereocenters. The maximum atomic E-state index is 13.3. The van der Waals surface area contributed by atoms with Gasteiger partial charge in [-0.2, -0.15) is 4.31 Å². The highest BCUT2D eigenvalue weighted by molar-refractivity contribution is 7.91. The number of anilines is 1. The van der Waals surface area contributed by atoms with Crippen LogP contribution in [0.5, 0.6) is 0 Å². The quantitative estimate of drug-likeness (QED) is 0.648. The highest BCUT2D eigenvalue weighted by Gasteiger charge is 2.40. The topological polar surface area (TPSA) is 86.7 Å². The van der Waals surface area contributed by atoms with Crippen LogP contribution in [-0.2, 0) is 27.8 Å². The Morgan fingerprint density at radius 1 is 1.07 bits per heavy atom. The first-order chi connectivity index (χ1) is 13.9. The Bertz CT molecular complexity index is 1150. The fraction of sp³-hybridized carbons (Fsp3) is 0.190. The number of rotatable bonds is 5. The first-order valence-electron chi connectivity index (χ1n) is 9.09. The van der Waals surface area contributed by atoms with Gasteiger partial charge in [-0.3, -0.25) is 4.79 Å². The van der Waals surface area contributed by atoms with Crippen molar-refractivity contribution >= 4 is 33.0 Å². The fourth-order valence-electron chi connectivity index (χ4n) is 3.49. The minimum absolute atomic E-state index is 0.0551. The third kappa shape index (κ3) is 3.66. The maximum Gasteiger partial charge on any atom is 0.322 e. The Kier molecular flexibility index (Phi) is 5.16. The minimum atomic E-state index is -3.94. The molecular formula is C21H20N2O4S2. The van der Waals surface area contributed by atoms with Gasteiger partial charge in [0.25, 0.3) is 10.0 Å². The van der Waals surface area contributed by atoms with Crippen molar-refractivity contribution in [3.8, 4) is 10.4 Å². The summed E-state index contributed by atoms with van der Waals surface area (Å²) in [5, 5.41) is 12.7. The van der Waals surface area contributed by atoms with Gasteiger partial charge in [-0.15, -0.1) is 11.3 Å². The molecule has 1 atom stereocenters. The minimum Gasteiger partial charge on any atom is -0.480 e. The predicted molar refractivity (Wildman–Crippen MR) is 114 cm³/mol. The van der Waals surface area contributed by atoms with Crippen molar-refractivity contribution in [2.75, 3.05) is 12.4 Å². The largest absolute Gasteiger partial charge is 0.480 e. The number of carbonyl (C=O) groups is 1. The Morgan fingerprint density at radius 2 is 1.76 bits per heavy atom. The monoisotopic (exact) mass is 428 g/mol. The Hall–Kier alpha value is -2.68. The van der Waals surface area contributed by atoms with Gasteiger partial charge < -0.3 is 10.4 Å². The smallest absolute Gasteiger partial charge is 0.322 e. The van der Waals surface area contributed by atoms with Crippen LogP contribution >= 0.6 is 11.3 Å². The molecule has 0 bridgehead atoms. The summed E-state index contributed by atoms with van der Waals surface area (Å²) in [6.45, 7) is 0.0551. The second kappa shape index (κ2) is 7.62. The van der Waals surface area contributed by atoms with Crippen LogP contribution in [0.25, 0.3) is 10.4 Å². The third-order valence-corrected chi connectivity index (χ3v) is 8.55. The van der Waals surface area contributed by atoms with E-state index in [1.807, 2.05) is 55.6 Å². The summed E-state index contributed by atoms with van der Waals surface area (Å²) in [7, 11) is -2.11. The zero-order valence-electron chi connectivity index (χ0n) is 15.7. The number of sulfonamides is 1. The van der Waals surface area contributed by atoms with E-state index in [1.54, 1.807) is 12.1 Å². The number of hydrogen-bond acceptors (Lipinski definition) is 5. The van der Waals surface area contributed by atoms with E-state index < -0.39 is 22.0 Å². The molecule has 2 N–H and O–H groups in total. The average Bonchev–Trinajstić information content (AvgIpc) is 3.24. The normalized spacial score (nSPS) is 16.9. The number of thiophene rings is 1. The summed E-state index contributed by atoms with van der Waals surface area (Å²) in [5.41, 5.74) is 3.60. The molecule has 1 aliphatic heterocycles. The molecule has 0 fully saturated rings. The SMILES string of the molecule is CNc1ccc(-c2ccc(S(=O)(=O)N3Cc4ccccc4CC3C(=O)O)s2)cc1. The lowest BCUT2D eigenvalue weighted by Crippen LogP contribution is -2.48. The van der Waals surface area contributed by atoms with Crippen LogP contribution in [0.1, 0.15) is 11.1 Å². The van der Waals surface area contributed by atoms with Crippen molar-refractivity contribution in [1.29, 1.82) is 0 Å². The molecule has 0 saturated heterocycles. The summed E-state index contributed by atoms with van der Waals surface area (Å²) in [6.07, 6.45) is 0.161. The lowest BCUT2D eigenvalue weighted by Gasteiger charge is -2.33. The zero-order valence-corrected chi connectivity index (χ0v) is 17.3. The number of fused-ring (bicyclic) bond motifs is 1. The van der Waals surface area contributed by atoms with Gasteiger partial charge in [0.15, 0.2) is 0 Å². The van der Waals surface area contributed by atoms with E-state index in [0.717, 1.165) is 42.9 Å². The zero-order chi connectivity index (χ0) is 20.6. The molecular weight excluding hydrogens is 408 g/mol. The molecule has 0 spiro atoms. The molecule has 4 rings (SSSR count). The number of carboxylic acid groups (broad SMARTS) is 1. The summed E-state index contributed by atoms with van der Waals surface area (Å²) in [4.78, 5) is 12.6. The van der Waals surface area contributed by atoms with E-state index in [9.17, 15) is 18.3 Å². The van der Waals surface area contributed by atoms with Crippen LogP contribution in [0, 0.1) is 0 Å². The summed E-state index contributed by atoms with van der Waals surface area (Å²) < 4.78 is 27.9. The summed E-state index contributed by atoms with van der Waals surface area (Å²) >= 11 is 1.15.